The van der Waals surface area contributed by atoms with Crippen LogP contribution in [0.1, 0.15) is 58.8 Å². The number of rotatable bonds is 4. The zero-order chi connectivity index (χ0) is 13.9. The van der Waals surface area contributed by atoms with E-state index >= 15 is 0 Å². The van der Waals surface area contributed by atoms with Crippen molar-refractivity contribution in [3.8, 4) is 0 Å². The first-order valence-electron chi connectivity index (χ1n) is 8.10. The van der Waals surface area contributed by atoms with Crippen LogP contribution in [0.5, 0.6) is 0 Å². The maximum atomic E-state index is 6.28. The first-order valence-corrected chi connectivity index (χ1v) is 8.10. The van der Waals surface area contributed by atoms with Crippen LogP contribution in [0.3, 0.4) is 0 Å². The van der Waals surface area contributed by atoms with Gasteiger partial charge in [-0.3, -0.25) is 4.90 Å². The Morgan fingerprint density at radius 1 is 1.26 bits per heavy atom. The van der Waals surface area contributed by atoms with Gasteiger partial charge in [-0.25, -0.2) is 0 Å². The molecular weight excluding hydrogens is 236 g/mol. The molecule has 1 aliphatic carbocycles. The second kappa shape index (κ2) is 6.11. The zero-order valence-electron chi connectivity index (χ0n) is 13.1. The fourth-order valence-electron chi connectivity index (χ4n) is 4.45. The van der Waals surface area contributed by atoms with E-state index in [1.165, 1.54) is 51.5 Å². The average molecular weight is 268 g/mol. The molecule has 3 unspecified atom stereocenters. The predicted molar refractivity (Wildman–Crippen MR) is 80.3 cm³/mol. The summed E-state index contributed by atoms with van der Waals surface area (Å²) in [6, 6.07) is 0. The highest BCUT2D eigenvalue weighted by molar-refractivity contribution is 5.02. The summed E-state index contributed by atoms with van der Waals surface area (Å²) in [6.45, 7) is 7.65. The lowest BCUT2D eigenvalue weighted by Crippen LogP contribution is -2.64. The Labute approximate surface area is 118 Å². The molecule has 3 nitrogen and oxygen atoms in total. The highest BCUT2D eigenvalue weighted by atomic mass is 16.5. The Hall–Kier alpha value is -0.120. The summed E-state index contributed by atoms with van der Waals surface area (Å²) < 4.78 is 5.78. The van der Waals surface area contributed by atoms with E-state index in [0.717, 1.165) is 19.0 Å². The normalized spacial score (nSPS) is 41.4. The van der Waals surface area contributed by atoms with Crippen molar-refractivity contribution in [2.45, 2.75) is 69.9 Å². The van der Waals surface area contributed by atoms with Crippen molar-refractivity contribution in [1.29, 1.82) is 0 Å². The standard InChI is InChI=1S/C16H32N2O/c1-4-14-8-5-6-10-16(14,12-17)18-11-7-9-15(2,13-18)19-3/h14H,4-13,17H2,1-3H3. The molecule has 1 aliphatic heterocycles. The van der Waals surface area contributed by atoms with Gasteiger partial charge in [-0.15, -0.1) is 0 Å². The van der Waals surface area contributed by atoms with Gasteiger partial charge in [0, 0.05) is 25.7 Å². The number of ether oxygens (including phenoxy) is 1. The van der Waals surface area contributed by atoms with Crippen LogP contribution in [0, 0.1) is 5.92 Å². The van der Waals surface area contributed by atoms with Gasteiger partial charge in [0.05, 0.1) is 5.60 Å². The van der Waals surface area contributed by atoms with Crippen LogP contribution in [0.25, 0.3) is 0 Å². The minimum absolute atomic E-state index is 0.0240. The summed E-state index contributed by atoms with van der Waals surface area (Å²) in [7, 11) is 1.86. The summed E-state index contributed by atoms with van der Waals surface area (Å²) in [4.78, 5) is 2.69. The summed E-state index contributed by atoms with van der Waals surface area (Å²) in [5, 5.41) is 0. The van der Waals surface area contributed by atoms with Gasteiger partial charge in [0.2, 0.25) is 0 Å². The van der Waals surface area contributed by atoms with E-state index in [2.05, 4.69) is 18.7 Å². The monoisotopic (exact) mass is 268 g/mol. The Morgan fingerprint density at radius 2 is 2.05 bits per heavy atom. The van der Waals surface area contributed by atoms with Gasteiger partial charge in [0.25, 0.3) is 0 Å². The quantitative estimate of drug-likeness (QED) is 0.852. The van der Waals surface area contributed by atoms with Crippen LogP contribution in [0.15, 0.2) is 0 Å². The minimum Gasteiger partial charge on any atom is -0.377 e. The number of methoxy groups -OCH3 is 1. The van der Waals surface area contributed by atoms with Crippen LogP contribution in [0.4, 0.5) is 0 Å². The first-order chi connectivity index (χ1) is 9.10. The lowest BCUT2D eigenvalue weighted by atomic mass is 9.69. The molecule has 19 heavy (non-hydrogen) atoms. The van der Waals surface area contributed by atoms with E-state index in [-0.39, 0.29) is 11.1 Å². The minimum atomic E-state index is 0.0240. The Balaban J connectivity index is 2.19. The van der Waals surface area contributed by atoms with Crippen LogP contribution in [-0.2, 0) is 4.74 Å². The van der Waals surface area contributed by atoms with Crippen LogP contribution in [-0.4, -0.2) is 42.8 Å². The highest BCUT2D eigenvalue weighted by Crippen LogP contribution is 2.42. The molecule has 2 fully saturated rings. The van der Waals surface area contributed by atoms with Crippen molar-refractivity contribution in [1.82, 2.24) is 4.90 Å². The van der Waals surface area contributed by atoms with E-state index in [1.54, 1.807) is 0 Å². The smallest absolute Gasteiger partial charge is 0.0777 e. The number of hydrogen-bond donors (Lipinski definition) is 1. The molecule has 112 valence electrons. The molecule has 2 rings (SSSR count). The fraction of sp³-hybridized carbons (Fsp3) is 1.00. The Morgan fingerprint density at radius 3 is 2.68 bits per heavy atom. The summed E-state index contributed by atoms with van der Waals surface area (Å²) in [6.07, 6.45) is 9.04. The molecule has 0 spiro atoms. The predicted octanol–water partition coefficient (Wildman–Crippen LogP) is 2.79. The molecule has 1 saturated carbocycles. The van der Waals surface area contributed by atoms with Gasteiger partial charge >= 0.3 is 0 Å². The Bertz CT molecular complexity index is 296. The summed E-state index contributed by atoms with van der Waals surface area (Å²) >= 11 is 0. The molecule has 3 heteroatoms. The maximum absolute atomic E-state index is 6.28. The number of nitrogens with two attached hydrogens (primary N) is 1. The van der Waals surface area contributed by atoms with E-state index in [4.69, 9.17) is 10.5 Å². The molecule has 1 heterocycles. The van der Waals surface area contributed by atoms with Gasteiger partial charge in [-0.2, -0.15) is 0 Å². The topological polar surface area (TPSA) is 38.5 Å². The van der Waals surface area contributed by atoms with Gasteiger partial charge in [0.1, 0.15) is 0 Å². The summed E-state index contributed by atoms with van der Waals surface area (Å²) in [5.74, 6) is 0.769. The maximum Gasteiger partial charge on any atom is 0.0777 e. The van der Waals surface area contributed by atoms with Crippen molar-refractivity contribution >= 4 is 0 Å². The summed E-state index contributed by atoms with van der Waals surface area (Å²) in [5.41, 5.74) is 6.55. The number of hydrogen-bond acceptors (Lipinski definition) is 3. The molecule has 2 N–H and O–H groups in total. The van der Waals surface area contributed by atoms with Gasteiger partial charge < -0.3 is 10.5 Å². The molecule has 1 saturated heterocycles. The van der Waals surface area contributed by atoms with E-state index in [0.29, 0.717) is 0 Å². The fourth-order valence-corrected chi connectivity index (χ4v) is 4.45. The van der Waals surface area contributed by atoms with Crippen molar-refractivity contribution in [3.63, 3.8) is 0 Å². The van der Waals surface area contributed by atoms with Gasteiger partial charge in [-0.1, -0.05) is 26.2 Å². The van der Waals surface area contributed by atoms with Crippen molar-refractivity contribution in [2.75, 3.05) is 26.7 Å². The van der Waals surface area contributed by atoms with Crippen molar-refractivity contribution in [2.24, 2.45) is 11.7 Å². The third kappa shape index (κ3) is 2.84. The van der Waals surface area contributed by atoms with Crippen LogP contribution >= 0.6 is 0 Å². The van der Waals surface area contributed by atoms with E-state index in [1.807, 2.05) is 7.11 Å². The van der Waals surface area contributed by atoms with E-state index in [9.17, 15) is 0 Å². The number of likely N-dealkylation sites (tertiary alicyclic amines) is 1. The average Bonchev–Trinajstić information content (AvgIpc) is 2.47. The van der Waals surface area contributed by atoms with Gasteiger partial charge in [0.15, 0.2) is 0 Å². The lowest BCUT2D eigenvalue weighted by molar-refractivity contribution is -0.101. The zero-order valence-corrected chi connectivity index (χ0v) is 13.1. The number of piperidine rings is 1. The SMILES string of the molecule is CCC1CCCCC1(CN)N1CCCC(C)(OC)C1. The molecule has 0 radical (unpaired) electrons. The van der Waals surface area contributed by atoms with E-state index < -0.39 is 0 Å². The molecule has 0 bridgehead atoms. The molecule has 0 aromatic carbocycles. The second-order valence-corrected chi connectivity index (χ2v) is 6.84. The molecular formula is C16H32N2O. The van der Waals surface area contributed by atoms with Crippen LogP contribution < -0.4 is 5.73 Å². The molecule has 0 aromatic heterocycles. The third-order valence-electron chi connectivity index (χ3n) is 5.80. The van der Waals surface area contributed by atoms with Gasteiger partial charge in [-0.05, 0) is 45.1 Å². The van der Waals surface area contributed by atoms with Crippen molar-refractivity contribution in [3.05, 3.63) is 0 Å². The molecule has 2 aliphatic rings. The van der Waals surface area contributed by atoms with Crippen molar-refractivity contribution < 1.29 is 4.74 Å². The Kier molecular flexibility index (Phi) is 4.91. The second-order valence-electron chi connectivity index (χ2n) is 6.84. The number of nitrogens with zero attached hydrogens (tertiary/aromatic N) is 1. The first kappa shape index (κ1) is 15.3. The van der Waals surface area contributed by atoms with Crippen LogP contribution in [0.2, 0.25) is 0 Å². The molecule has 3 atom stereocenters. The lowest BCUT2D eigenvalue weighted by Gasteiger charge is -2.55. The molecule has 0 amide bonds. The largest absolute Gasteiger partial charge is 0.377 e. The molecule has 0 aromatic rings. The third-order valence-corrected chi connectivity index (χ3v) is 5.80. The highest BCUT2D eigenvalue weighted by Gasteiger charge is 2.46.